The minimum atomic E-state index is 0.526. The van der Waals surface area contributed by atoms with Gasteiger partial charge in [-0.25, -0.2) is 0 Å². The second kappa shape index (κ2) is 5.25. The van der Waals surface area contributed by atoms with Crippen LogP contribution in [0.5, 0.6) is 5.88 Å². The number of methoxy groups -OCH3 is 1. The molecular formula is C14H22N4O. The third kappa shape index (κ3) is 2.92. The molecule has 2 N–H and O–H groups in total. The van der Waals surface area contributed by atoms with Crippen molar-refractivity contribution >= 4 is 11.5 Å². The van der Waals surface area contributed by atoms with Crippen LogP contribution in [0.1, 0.15) is 12.8 Å². The Morgan fingerprint density at radius 2 is 2.00 bits per heavy atom. The third-order valence-corrected chi connectivity index (χ3v) is 3.98. The Bertz CT molecular complexity index is 439. The number of nitrogens with zero attached hydrogens (tertiary/aromatic N) is 3. The lowest BCUT2D eigenvalue weighted by molar-refractivity contribution is 0.247. The van der Waals surface area contributed by atoms with Crippen LogP contribution in [0.3, 0.4) is 0 Å². The van der Waals surface area contributed by atoms with E-state index in [2.05, 4.69) is 14.8 Å². The SMILES string of the molecule is COc1nc(N2CCN(CC3CC3)CC2)ccc1N. The van der Waals surface area contributed by atoms with Gasteiger partial charge in [0.1, 0.15) is 5.82 Å². The zero-order chi connectivity index (χ0) is 13.2. The molecule has 1 aromatic rings. The molecule has 5 heteroatoms. The van der Waals surface area contributed by atoms with E-state index < -0.39 is 0 Å². The molecule has 2 heterocycles. The number of piperazine rings is 1. The zero-order valence-electron chi connectivity index (χ0n) is 11.5. The average molecular weight is 262 g/mol. The third-order valence-electron chi connectivity index (χ3n) is 3.98. The first-order valence-electron chi connectivity index (χ1n) is 7.04. The topological polar surface area (TPSA) is 54.6 Å². The van der Waals surface area contributed by atoms with Gasteiger partial charge in [0, 0.05) is 32.7 Å². The molecule has 0 spiro atoms. The minimum absolute atomic E-state index is 0.526. The van der Waals surface area contributed by atoms with Gasteiger partial charge in [0.05, 0.1) is 12.8 Å². The van der Waals surface area contributed by atoms with Gasteiger partial charge in [-0.2, -0.15) is 4.98 Å². The Kier molecular flexibility index (Phi) is 3.46. The van der Waals surface area contributed by atoms with Gasteiger partial charge < -0.3 is 15.4 Å². The van der Waals surface area contributed by atoms with Gasteiger partial charge >= 0.3 is 0 Å². The molecule has 0 amide bonds. The summed E-state index contributed by atoms with van der Waals surface area (Å²) in [5.41, 5.74) is 6.40. The molecule has 2 fully saturated rings. The lowest BCUT2D eigenvalue weighted by Crippen LogP contribution is -2.47. The monoisotopic (exact) mass is 262 g/mol. The first-order valence-corrected chi connectivity index (χ1v) is 7.04. The molecule has 2 aliphatic rings. The number of hydrogen-bond donors (Lipinski definition) is 1. The Morgan fingerprint density at radius 1 is 1.26 bits per heavy atom. The van der Waals surface area contributed by atoms with Crippen LogP contribution in [0.2, 0.25) is 0 Å². The van der Waals surface area contributed by atoms with Crippen molar-refractivity contribution in [2.45, 2.75) is 12.8 Å². The van der Waals surface area contributed by atoms with E-state index in [9.17, 15) is 0 Å². The number of nitrogen functional groups attached to an aromatic ring is 1. The van der Waals surface area contributed by atoms with Gasteiger partial charge in [-0.3, -0.25) is 4.90 Å². The summed E-state index contributed by atoms with van der Waals surface area (Å²) < 4.78 is 5.19. The maximum absolute atomic E-state index is 5.80. The fourth-order valence-corrected chi connectivity index (χ4v) is 2.61. The number of rotatable bonds is 4. The molecular weight excluding hydrogens is 240 g/mol. The molecule has 1 aliphatic carbocycles. The van der Waals surface area contributed by atoms with Crippen molar-refractivity contribution in [3.05, 3.63) is 12.1 Å². The fourth-order valence-electron chi connectivity index (χ4n) is 2.61. The Morgan fingerprint density at radius 3 is 2.63 bits per heavy atom. The smallest absolute Gasteiger partial charge is 0.238 e. The van der Waals surface area contributed by atoms with E-state index in [1.807, 2.05) is 12.1 Å². The maximum Gasteiger partial charge on any atom is 0.238 e. The predicted octanol–water partition coefficient (Wildman–Crippen LogP) is 1.20. The number of ether oxygens (including phenoxy) is 1. The summed E-state index contributed by atoms with van der Waals surface area (Å²) in [7, 11) is 1.61. The van der Waals surface area contributed by atoms with Crippen LogP contribution in [0.25, 0.3) is 0 Å². The van der Waals surface area contributed by atoms with Crippen LogP contribution in [-0.4, -0.2) is 49.7 Å². The number of aromatic nitrogens is 1. The summed E-state index contributed by atoms with van der Waals surface area (Å²) in [5, 5.41) is 0. The quantitative estimate of drug-likeness (QED) is 0.884. The van der Waals surface area contributed by atoms with Gasteiger partial charge in [0.2, 0.25) is 5.88 Å². The zero-order valence-corrected chi connectivity index (χ0v) is 11.5. The summed E-state index contributed by atoms with van der Waals surface area (Å²) in [6, 6.07) is 3.85. The van der Waals surface area contributed by atoms with E-state index in [1.54, 1.807) is 7.11 Å². The summed E-state index contributed by atoms with van der Waals surface area (Å²) in [6.07, 6.45) is 2.86. The van der Waals surface area contributed by atoms with E-state index in [4.69, 9.17) is 10.5 Å². The predicted molar refractivity (Wildman–Crippen MR) is 76.6 cm³/mol. The highest BCUT2D eigenvalue weighted by molar-refractivity contribution is 5.54. The summed E-state index contributed by atoms with van der Waals surface area (Å²) in [6.45, 7) is 5.61. The molecule has 5 nitrogen and oxygen atoms in total. The molecule has 0 radical (unpaired) electrons. The van der Waals surface area contributed by atoms with Gasteiger partial charge in [-0.1, -0.05) is 0 Å². The van der Waals surface area contributed by atoms with Crippen LogP contribution >= 0.6 is 0 Å². The number of nitrogens with two attached hydrogens (primary N) is 1. The molecule has 1 saturated heterocycles. The Hall–Kier alpha value is -1.49. The summed E-state index contributed by atoms with van der Waals surface area (Å²) >= 11 is 0. The van der Waals surface area contributed by atoms with E-state index in [-0.39, 0.29) is 0 Å². The normalized spacial score (nSPS) is 20.6. The van der Waals surface area contributed by atoms with E-state index in [1.165, 1.54) is 19.4 Å². The van der Waals surface area contributed by atoms with E-state index in [0.29, 0.717) is 11.6 Å². The van der Waals surface area contributed by atoms with Gasteiger partial charge in [-0.05, 0) is 30.9 Å². The van der Waals surface area contributed by atoms with Gasteiger partial charge in [-0.15, -0.1) is 0 Å². The average Bonchev–Trinajstić information content (AvgIpc) is 3.24. The molecule has 0 bridgehead atoms. The molecule has 1 aliphatic heterocycles. The second-order valence-electron chi connectivity index (χ2n) is 5.50. The highest BCUT2D eigenvalue weighted by atomic mass is 16.5. The minimum Gasteiger partial charge on any atom is -0.479 e. The number of hydrogen-bond acceptors (Lipinski definition) is 5. The van der Waals surface area contributed by atoms with Crippen molar-refractivity contribution in [2.75, 3.05) is 50.5 Å². The molecule has 0 atom stereocenters. The second-order valence-corrected chi connectivity index (χ2v) is 5.50. The number of anilines is 2. The molecule has 104 valence electrons. The Balaban J connectivity index is 1.60. The largest absolute Gasteiger partial charge is 0.479 e. The first-order chi connectivity index (χ1) is 9.26. The summed E-state index contributed by atoms with van der Waals surface area (Å²) in [5.74, 6) is 2.47. The van der Waals surface area contributed by atoms with Crippen LogP contribution in [-0.2, 0) is 0 Å². The van der Waals surface area contributed by atoms with Crippen molar-refractivity contribution in [3.8, 4) is 5.88 Å². The van der Waals surface area contributed by atoms with Crippen LogP contribution < -0.4 is 15.4 Å². The molecule has 0 aromatic carbocycles. The van der Waals surface area contributed by atoms with Crippen LogP contribution in [0.4, 0.5) is 11.5 Å². The standard InChI is InChI=1S/C14H22N4O/c1-19-14-12(15)4-5-13(16-14)18-8-6-17(7-9-18)10-11-2-3-11/h4-5,11H,2-3,6-10,15H2,1H3. The maximum atomic E-state index is 5.80. The van der Waals surface area contributed by atoms with E-state index in [0.717, 1.165) is 37.9 Å². The van der Waals surface area contributed by atoms with Gasteiger partial charge in [0.15, 0.2) is 0 Å². The molecule has 3 rings (SSSR count). The van der Waals surface area contributed by atoms with Crippen LogP contribution in [0, 0.1) is 5.92 Å². The van der Waals surface area contributed by atoms with Crippen LogP contribution in [0.15, 0.2) is 12.1 Å². The number of pyridine rings is 1. The highest BCUT2D eigenvalue weighted by Gasteiger charge is 2.26. The fraction of sp³-hybridized carbons (Fsp3) is 0.643. The lowest BCUT2D eigenvalue weighted by atomic mass is 10.2. The van der Waals surface area contributed by atoms with Crippen molar-refractivity contribution in [1.82, 2.24) is 9.88 Å². The summed E-state index contributed by atoms with van der Waals surface area (Å²) in [4.78, 5) is 9.36. The molecule has 1 saturated carbocycles. The van der Waals surface area contributed by atoms with Crippen molar-refractivity contribution in [2.24, 2.45) is 5.92 Å². The molecule has 0 unspecified atom stereocenters. The van der Waals surface area contributed by atoms with Crippen molar-refractivity contribution in [3.63, 3.8) is 0 Å². The van der Waals surface area contributed by atoms with E-state index >= 15 is 0 Å². The molecule has 19 heavy (non-hydrogen) atoms. The Labute approximate surface area is 114 Å². The molecule has 1 aromatic heterocycles. The first kappa shape index (κ1) is 12.5. The lowest BCUT2D eigenvalue weighted by Gasteiger charge is -2.35. The van der Waals surface area contributed by atoms with Crippen molar-refractivity contribution < 1.29 is 4.74 Å². The highest BCUT2D eigenvalue weighted by Crippen LogP contribution is 2.30. The van der Waals surface area contributed by atoms with Crippen molar-refractivity contribution in [1.29, 1.82) is 0 Å². The van der Waals surface area contributed by atoms with Gasteiger partial charge in [0.25, 0.3) is 0 Å².